The standard InChI is InChI=1S/C9H14F6N2O/c1-2-5(3-4-16)17-7(18)6(8(10,11)12)9(13,14)15/h5-6H,2-4,16H2,1H3,(H,17,18). The number of hydrogen-bond acceptors (Lipinski definition) is 2. The van der Waals surface area contributed by atoms with E-state index in [9.17, 15) is 31.1 Å². The molecule has 3 nitrogen and oxygen atoms in total. The van der Waals surface area contributed by atoms with Crippen LogP contribution < -0.4 is 11.1 Å². The third kappa shape index (κ3) is 5.11. The average Bonchev–Trinajstić information content (AvgIpc) is 2.11. The lowest BCUT2D eigenvalue weighted by Crippen LogP contribution is -2.50. The molecule has 1 amide bonds. The van der Waals surface area contributed by atoms with Crippen LogP contribution in [0, 0.1) is 5.92 Å². The van der Waals surface area contributed by atoms with Gasteiger partial charge in [-0.15, -0.1) is 0 Å². The second-order valence-electron chi connectivity index (χ2n) is 3.71. The molecule has 1 unspecified atom stereocenters. The molecule has 0 rings (SSSR count). The van der Waals surface area contributed by atoms with Crippen LogP contribution >= 0.6 is 0 Å². The van der Waals surface area contributed by atoms with E-state index >= 15 is 0 Å². The van der Waals surface area contributed by atoms with Crippen molar-refractivity contribution in [2.24, 2.45) is 11.7 Å². The topological polar surface area (TPSA) is 55.1 Å². The first kappa shape index (κ1) is 17.0. The van der Waals surface area contributed by atoms with Crippen LogP contribution in [-0.4, -0.2) is 30.8 Å². The van der Waals surface area contributed by atoms with Gasteiger partial charge in [-0.05, 0) is 19.4 Å². The molecular formula is C9H14F6N2O. The van der Waals surface area contributed by atoms with Gasteiger partial charge in [0.2, 0.25) is 11.8 Å². The van der Waals surface area contributed by atoms with Crippen molar-refractivity contribution in [3.63, 3.8) is 0 Å². The fraction of sp³-hybridized carbons (Fsp3) is 0.889. The van der Waals surface area contributed by atoms with Crippen LogP contribution in [0.4, 0.5) is 26.3 Å². The molecule has 0 fully saturated rings. The summed E-state index contributed by atoms with van der Waals surface area (Å²) in [6, 6.07) is -0.797. The fourth-order valence-corrected chi connectivity index (χ4v) is 1.35. The highest BCUT2D eigenvalue weighted by molar-refractivity contribution is 5.80. The third-order valence-electron chi connectivity index (χ3n) is 2.27. The van der Waals surface area contributed by atoms with E-state index in [0.29, 0.717) is 0 Å². The molecule has 0 saturated heterocycles. The van der Waals surface area contributed by atoms with Gasteiger partial charge < -0.3 is 11.1 Å². The maximum absolute atomic E-state index is 12.2. The zero-order chi connectivity index (χ0) is 14.6. The summed E-state index contributed by atoms with van der Waals surface area (Å²) < 4.78 is 73.2. The molecule has 0 aromatic heterocycles. The summed E-state index contributed by atoms with van der Waals surface area (Å²) in [6.45, 7) is 1.58. The second-order valence-corrected chi connectivity index (χ2v) is 3.71. The van der Waals surface area contributed by atoms with Gasteiger partial charge in [-0.1, -0.05) is 6.92 Å². The first-order chi connectivity index (χ1) is 8.04. The van der Waals surface area contributed by atoms with Gasteiger partial charge in [0.15, 0.2) is 0 Å². The Morgan fingerprint density at radius 3 is 1.89 bits per heavy atom. The smallest absolute Gasteiger partial charge is 0.352 e. The Hall–Kier alpha value is -0.990. The minimum atomic E-state index is -5.66. The van der Waals surface area contributed by atoms with Crippen molar-refractivity contribution in [3.05, 3.63) is 0 Å². The minimum absolute atomic E-state index is 0.0570. The highest BCUT2D eigenvalue weighted by Crippen LogP contribution is 2.39. The first-order valence-corrected chi connectivity index (χ1v) is 5.17. The molecule has 0 saturated carbocycles. The monoisotopic (exact) mass is 280 g/mol. The maximum atomic E-state index is 12.2. The van der Waals surface area contributed by atoms with Crippen LogP contribution in [-0.2, 0) is 4.79 Å². The van der Waals surface area contributed by atoms with Crippen molar-refractivity contribution < 1.29 is 31.1 Å². The number of amides is 1. The van der Waals surface area contributed by atoms with Crippen LogP contribution in [0.1, 0.15) is 19.8 Å². The number of nitrogens with one attached hydrogen (secondary N) is 1. The SMILES string of the molecule is CCC(CCN)NC(=O)C(C(F)(F)F)C(F)(F)F. The summed E-state index contributed by atoms with van der Waals surface area (Å²) in [5, 5.41) is 1.72. The molecular weight excluding hydrogens is 266 g/mol. The summed E-state index contributed by atoms with van der Waals surface area (Å²) in [5.41, 5.74) is 5.13. The van der Waals surface area contributed by atoms with Gasteiger partial charge in [-0.2, -0.15) is 26.3 Å². The summed E-state index contributed by atoms with van der Waals surface area (Å²) in [6.07, 6.45) is -11.0. The quantitative estimate of drug-likeness (QED) is 0.756. The summed E-state index contributed by atoms with van der Waals surface area (Å²) in [4.78, 5) is 11.1. The molecule has 3 N–H and O–H groups in total. The second kappa shape index (κ2) is 6.26. The number of hydrogen-bond donors (Lipinski definition) is 2. The van der Waals surface area contributed by atoms with Gasteiger partial charge in [0.05, 0.1) is 0 Å². The molecule has 0 aliphatic carbocycles. The molecule has 0 spiro atoms. The number of alkyl halides is 6. The van der Waals surface area contributed by atoms with Crippen molar-refractivity contribution in [1.82, 2.24) is 5.32 Å². The Morgan fingerprint density at radius 2 is 1.61 bits per heavy atom. The average molecular weight is 280 g/mol. The molecule has 0 radical (unpaired) electrons. The lowest BCUT2D eigenvalue weighted by molar-refractivity contribution is -0.274. The molecule has 0 aliphatic heterocycles. The van der Waals surface area contributed by atoms with Crippen molar-refractivity contribution in [3.8, 4) is 0 Å². The van der Waals surface area contributed by atoms with E-state index in [1.54, 1.807) is 5.32 Å². The molecule has 0 aromatic rings. The molecule has 1 atom stereocenters. The van der Waals surface area contributed by atoms with Gasteiger partial charge in [-0.3, -0.25) is 4.79 Å². The zero-order valence-electron chi connectivity index (χ0n) is 9.53. The zero-order valence-corrected chi connectivity index (χ0v) is 9.53. The lowest BCUT2D eigenvalue weighted by atomic mass is 10.1. The Bertz CT molecular complexity index is 261. The molecule has 0 aliphatic rings. The van der Waals surface area contributed by atoms with E-state index in [4.69, 9.17) is 5.73 Å². The van der Waals surface area contributed by atoms with Crippen LogP contribution in [0.2, 0.25) is 0 Å². The largest absolute Gasteiger partial charge is 0.409 e. The van der Waals surface area contributed by atoms with Crippen molar-refractivity contribution in [2.45, 2.75) is 38.2 Å². The normalized spacial score (nSPS) is 14.7. The van der Waals surface area contributed by atoms with E-state index in [1.165, 1.54) is 6.92 Å². The molecule has 0 aromatic carbocycles. The van der Waals surface area contributed by atoms with Crippen LogP contribution in [0.15, 0.2) is 0 Å². The van der Waals surface area contributed by atoms with Gasteiger partial charge >= 0.3 is 12.4 Å². The highest BCUT2D eigenvalue weighted by Gasteiger charge is 2.61. The fourth-order valence-electron chi connectivity index (χ4n) is 1.35. The van der Waals surface area contributed by atoms with Gasteiger partial charge in [0.25, 0.3) is 0 Å². The first-order valence-electron chi connectivity index (χ1n) is 5.17. The van der Waals surface area contributed by atoms with Crippen molar-refractivity contribution in [1.29, 1.82) is 0 Å². The Labute approximate surface area is 99.7 Å². The summed E-state index contributed by atoms with van der Waals surface area (Å²) in [7, 11) is 0. The van der Waals surface area contributed by atoms with Crippen LogP contribution in [0.5, 0.6) is 0 Å². The maximum Gasteiger partial charge on any atom is 0.409 e. The van der Waals surface area contributed by atoms with E-state index < -0.39 is 30.2 Å². The van der Waals surface area contributed by atoms with Gasteiger partial charge in [-0.25, -0.2) is 0 Å². The number of nitrogens with two attached hydrogens (primary N) is 1. The molecule has 108 valence electrons. The van der Waals surface area contributed by atoms with Crippen molar-refractivity contribution in [2.75, 3.05) is 6.54 Å². The van der Waals surface area contributed by atoms with Crippen molar-refractivity contribution >= 4 is 5.91 Å². The van der Waals surface area contributed by atoms with Gasteiger partial charge in [0.1, 0.15) is 0 Å². The number of carbonyl (C=O) groups is 1. The Morgan fingerprint density at radius 1 is 1.17 bits per heavy atom. The van der Waals surface area contributed by atoms with Crippen LogP contribution in [0.25, 0.3) is 0 Å². The van der Waals surface area contributed by atoms with E-state index in [2.05, 4.69) is 0 Å². The molecule has 0 bridgehead atoms. The molecule has 0 heterocycles. The Balaban J connectivity index is 4.89. The number of halogens is 6. The van der Waals surface area contributed by atoms with E-state index in [1.807, 2.05) is 0 Å². The van der Waals surface area contributed by atoms with E-state index in [0.717, 1.165) is 0 Å². The predicted octanol–water partition coefficient (Wildman–Crippen LogP) is 1.97. The van der Waals surface area contributed by atoms with Gasteiger partial charge in [0, 0.05) is 6.04 Å². The number of carbonyl (C=O) groups excluding carboxylic acids is 1. The van der Waals surface area contributed by atoms with E-state index in [-0.39, 0.29) is 19.4 Å². The summed E-state index contributed by atoms with van der Waals surface area (Å²) >= 11 is 0. The predicted molar refractivity (Wildman–Crippen MR) is 51.5 cm³/mol. The van der Waals surface area contributed by atoms with Crippen LogP contribution in [0.3, 0.4) is 0 Å². The lowest BCUT2D eigenvalue weighted by Gasteiger charge is -2.24. The Kier molecular flexibility index (Phi) is 5.91. The highest BCUT2D eigenvalue weighted by atomic mass is 19.4. The third-order valence-corrected chi connectivity index (χ3v) is 2.27. The molecule has 9 heteroatoms. The molecule has 18 heavy (non-hydrogen) atoms. The summed E-state index contributed by atoms with van der Waals surface area (Å²) in [5.74, 6) is -6.09. The minimum Gasteiger partial charge on any atom is -0.352 e. The number of rotatable bonds is 5.